The standard InChI is InChI=1S/C20H16N4O/c1-12-4-2-6-17(25)18(12)19-14(5-3-9-22-19)13-7-8-16-15(10-13)20(21)24-11-23-16/h2-11,25H,1H3,(H2,21,23,24). The maximum Gasteiger partial charge on any atom is 0.134 e. The average molecular weight is 328 g/mol. The van der Waals surface area contributed by atoms with Gasteiger partial charge in [0.1, 0.15) is 17.9 Å². The molecule has 2 aromatic carbocycles. The van der Waals surface area contributed by atoms with Crippen LogP contribution >= 0.6 is 0 Å². The zero-order valence-corrected chi connectivity index (χ0v) is 13.6. The van der Waals surface area contributed by atoms with Gasteiger partial charge in [0.05, 0.1) is 11.2 Å². The molecule has 0 saturated carbocycles. The maximum atomic E-state index is 10.4. The number of aromatic hydroxyl groups is 1. The second-order valence-electron chi connectivity index (χ2n) is 5.86. The van der Waals surface area contributed by atoms with Gasteiger partial charge in [-0.1, -0.05) is 24.3 Å². The van der Waals surface area contributed by atoms with Crippen LogP contribution in [0.15, 0.2) is 61.1 Å². The molecular weight excluding hydrogens is 312 g/mol. The summed E-state index contributed by atoms with van der Waals surface area (Å²) in [4.78, 5) is 12.8. The third kappa shape index (κ3) is 2.55. The zero-order valence-electron chi connectivity index (χ0n) is 13.6. The molecule has 0 fully saturated rings. The van der Waals surface area contributed by atoms with Crippen LogP contribution in [0.2, 0.25) is 0 Å². The smallest absolute Gasteiger partial charge is 0.134 e. The van der Waals surface area contributed by atoms with Crippen molar-refractivity contribution in [1.29, 1.82) is 0 Å². The van der Waals surface area contributed by atoms with Gasteiger partial charge in [-0.15, -0.1) is 0 Å². The number of nitrogens with two attached hydrogens (primary N) is 1. The fourth-order valence-electron chi connectivity index (χ4n) is 3.04. The summed E-state index contributed by atoms with van der Waals surface area (Å²) in [6.07, 6.45) is 3.18. The lowest BCUT2D eigenvalue weighted by Crippen LogP contribution is -1.95. The average Bonchev–Trinajstić information content (AvgIpc) is 2.62. The Labute approximate surface area is 144 Å². The maximum absolute atomic E-state index is 10.4. The normalized spacial score (nSPS) is 10.9. The fourth-order valence-corrected chi connectivity index (χ4v) is 3.04. The molecule has 4 rings (SSSR count). The molecular formula is C20H16N4O. The van der Waals surface area contributed by atoms with E-state index >= 15 is 0 Å². The van der Waals surface area contributed by atoms with E-state index in [1.165, 1.54) is 6.33 Å². The highest BCUT2D eigenvalue weighted by Crippen LogP contribution is 2.38. The first kappa shape index (κ1) is 15.1. The lowest BCUT2D eigenvalue weighted by Gasteiger charge is -2.13. The molecule has 0 aliphatic carbocycles. The quantitative estimate of drug-likeness (QED) is 0.582. The molecule has 3 N–H and O–H groups in total. The van der Waals surface area contributed by atoms with Gasteiger partial charge in [-0.3, -0.25) is 4.98 Å². The van der Waals surface area contributed by atoms with Gasteiger partial charge >= 0.3 is 0 Å². The van der Waals surface area contributed by atoms with E-state index in [4.69, 9.17) is 5.73 Å². The second kappa shape index (κ2) is 5.87. The molecule has 5 nitrogen and oxygen atoms in total. The molecule has 0 bridgehead atoms. The topological polar surface area (TPSA) is 84.9 Å². The number of anilines is 1. The number of phenols is 1. The molecule has 0 spiro atoms. The minimum Gasteiger partial charge on any atom is -0.507 e. The van der Waals surface area contributed by atoms with Gasteiger partial charge in [0, 0.05) is 22.7 Å². The molecule has 0 amide bonds. The van der Waals surface area contributed by atoms with Crippen molar-refractivity contribution in [2.24, 2.45) is 0 Å². The number of aromatic nitrogens is 3. The molecule has 5 heteroatoms. The van der Waals surface area contributed by atoms with Crippen LogP contribution in [0, 0.1) is 6.92 Å². The monoisotopic (exact) mass is 328 g/mol. The predicted octanol–water partition coefficient (Wildman–Crippen LogP) is 3.96. The highest BCUT2D eigenvalue weighted by atomic mass is 16.3. The largest absolute Gasteiger partial charge is 0.507 e. The number of nitrogen functional groups attached to an aromatic ring is 1. The van der Waals surface area contributed by atoms with Gasteiger partial charge in [-0.05, 0) is 42.3 Å². The van der Waals surface area contributed by atoms with Crippen molar-refractivity contribution in [3.8, 4) is 28.1 Å². The Morgan fingerprint density at radius 2 is 1.84 bits per heavy atom. The molecule has 122 valence electrons. The molecule has 2 heterocycles. The summed E-state index contributed by atoms with van der Waals surface area (Å²) in [7, 11) is 0. The molecule has 0 aliphatic heterocycles. The summed E-state index contributed by atoms with van der Waals surface area (Å²) in [6.45, 7) is 1.96. The Kier molecular flexibility index (Phi) is 3.54. The van der Waals surface area contributed by atoms with Gasteiger partial charge in [-0.2, -0.15) is 0 Å². The SMILES string of the molecule is Cc1cccc(O)c1-c1ncccc1-c1ccc2ncnc(N)c2c1. The van der Waals surface area contributed by atoms with Crippen LogP contribution in [0.25, 0.3) is 33.3 Å². The first-order chi connectivity index (χ1) is 12.1. The number of hydrogen-bond acceptors (Lipinski definition) is 5. The highest BCUT2D eigenvalue weighted by molar-refractivity contribution is 5.94. The molecule has 4 aromatic rings. The number of rotatable bonds is 2. The van der Waals surface area contributed by atoms with Crippen molar-refractivity contribution >= 4 is 16.7 Å². The molecule has 0 unspecified atom stereocenters. The Hall–Kier alpha value is -3.47. The lowest BCUT2D eigenvalue weighted by atomic mass is 9.95. The summed E-state index contributed by atoms with van der Waals surface area (Å²) in [5, 5.41) is 11.1. The summed E-state index contributed by atoms with van der Waals surface area (Å²) in [6, 6.07) is 15.2. The van der Waals surface area contributed by atoms with Crippen LogP contribution in [-0.4, -0.2) is 20.1 Å². The second-order valence-corrected chi connectivity index (χ2v) is 5.86. The van der Waals surface area contributed by atoms with Gasteiger partial charge in [-0.25, -0.2) is 9.97 Å². The summed E-state index contributed by atoms with van der Waals surface area (Å²) < 4.78 is 0. The molecule has 0 aliphatic rings. The van der Waals surface area contributed by atoms with Crippen molar-refractivity contribution in [3.05, 3.63) is 66.6 Å². The van der Waals surface area contributed by atoms with Gasteiger partial charge in [0.2, 0.25) is 0 Å². The highest BCUT2D eigenvalue weighted by Gasteiger charge is 2.15. The van der Waals surface area contributed by atoms with E-state index in [0.29, 0.717) is 5.82 Å². The van der Waals surface area contributed by atoms with Crippen molar-refractivity contribution in [2.75, 3.05) is 5.73 Å². The first-order valence-corrected chi connectivity index (χ1v) is 7.90. The molecule has 2 aromatic heterocycles. The molecule has 25 heavy (non-hydrogen) atoms. The van der Waals surface area contributed by atoms with Crippen LogP contribution < -0.4 is 5.73 Å². The van der Waals surface area contributed by atoms with Crippen LogP contribution in [0.1, 0.15) is 5.56 Å². The number of nitrogens with zero attached hydrogens (tertiary/aromatic N) is 3. The summed E-state index contributed by atoms with van der Waals surface area (Å²) in [5.74, 6) is 0.652. The number of phenolic OH excluding ortho intramolecular Hbond substituents is 1. The minimum absolute atomic E-state index is 0.212. The Bertz CT molecular complexity index is 1070. The molecule has 0 radical (unpaired) electrons. The number of benzene rings is 2. The van der Waals surface area contributed by atoms with Crippen LogP contribution in [0.3, 0.4) is 0 Å². The van der Waals surface area contributed by atoms with E-state index in [1.807, 2.05) is 49.4 Å². The summed E-state index contributed by atoms with van der Waals surface area (Å²) in [5.41, 5.74) is 11.1. The molecule has 0 atom stereocenters. The molecule has 0 saturated heterocycles. The minimum atomic E-state index is 0.212. The zero-order chi connectivity index (χ0) is 17.4. The Balaban J connectivity index is 1.98. The van der Waals surface area contributed by atoms with Gasteiger partial charge in [0.25, 0.3) is 0 Å². The first-order valence-electron chi connectivity index (χ1n) is 7.90. The number of hydrogen-bond donors (Lipinski definition) is 2. The summed E-state index contributed by atoms with van der Waals surface area (Å²) >= 11 is 0. The lowest BCUT2D eigenvalue weighted by molar-refractivity contribution is 0.477. The van der Waals surface area contributed by atoms with Crippen LogP contribution in [0.5, 0.6) is 5.75 Å². The Morgan fingerprint density at radius 1 is 0.960 bits per heavy atom. The van der Waals surface area contributed by atoms with E-state index < -0.39 is 0 Å². The van der Waals surface area contributed by atoms with E-state index in [-0.39, 0.29) is 5.75 Å². The number of pyridine rings is 1. The van der Waals surface area contributed by atoms with E-state index in [0.717, 1.165) is 38.9 Å². The van der Waals surface area contributed by atoms with Crippen LogP contribution in [-0.2, 0) is 0 Å². The van der Waals surface area contributed by atoms with E-state index in [1.54, 1.807) is 12.3 Å². The van der Waals surface area contributed by atoms with Crippen molar-refractivity contribution < 1.29 is 5.11 Å². The van der Waals surface area contributed by atoms with Crippen molar-refractivity contribution in [1.82, 2.24) is 15.0 Å². The van der Waals surface area contributed by atoms with Crippen molar-refractivity contribution in [3.63, 3.8) is 0 Å². The van der Waals surface area contributed by atoms with Crippen molar-refractivity contribution in [2.45, 2.75) is 6.92 Å². The van der Waals surface area contributed by atoms with Crippen LogP contribution in [0.4, 0.5) is 5.82 Å². The van der Waals surface area contributed by atoms with Gasteiger partial charge < -0.3 is 10.8 Å². The third-order valence-corrected chi connectivity index (χ3v) is 4.27. The number of aryl methyl sites for hydroxylation is 1. The fraction of sp³-hybridized carbons (Fsp3) is 0.0500. The Morgan fingerprint density at radius 3 is 2.68 bits per heavy atom. The number of fused-ring (bicyclic) bond motifs is 1. The third-order valence-electron chi connectivity index (χ3n) is 4.27. The predicted molar refractivity (Wildman–Crippen MR) is 99.0 cm³/mol. The van der Waals surface area contributed by atoms with E-state index in [9.17, 15) is 5.11 Å². The van der Waals surface area contributed by atoms with E-state index in [2.05, 4.69) is 15.0 Å². The van der Waals surface area contributed by atoms with Gasteiger partial charge in [0.15, 0.2) is 0 Å².